The third-order valence-corrected chi connectivity index (χ3v) is 9.09. The minimum absolute atomic E-state index is 0.0957. The zero-order valence-electron chi connectivity index (χ0n) is 23.8. The minimum Gasteiger partial charge on any atom is -0.386 e. The van der Waals surface area contributed by atoms with Crippen molar-refractivity contribution in [2.45, 2.75) is 44.0 Å². The van der Waals surface area contributed by atoms with E-state index in [1.54, 1.807) is 48.5 Å². The van der Waals surface area contributed by atoms with Crippen LogP contribution in [0.4, 0.5) is 13.2 Å². The third-order valence-electron chi connectivity index (χ3n) is 8.08. The Kier molecular flexibility index (Phi) is 8.98. The highest BCUT2D eigenvalue weighted by molar-refractivity contribution is 7.09. The van der Waals surface area contributed by atoms with Crippen molar-refractivity contribution in [2.75, 3.05) is 20.1 Å². The molecule has 2 amide bonds. The van der Waals surface area contributed by atoms with Gasteiger partial charge in [0.2, 0.25) is 0 Å². The minimum atomic E-state index is -4.43. The second-order valence-corrected chi connectivity index (χ2v) is 11.7. The zero-order valence-corrected chi connectivity index (χ0v) is 24.6. The Balaban J connectivity index is 1.22. The molecule has 0 aliphatic carbocycles. The molecule has 1 saturated heterocycles. The number of hydrogen-bond acceptors (Lipinski definition) is 5. The Morgan fingerprint density at radius 2 is 1.60 bits per heavy atom. The van der Waals surface area contributed by atoms with Crippen LogP contribution in [0, 0.1) is 0 Å². The van der Waals surface area contributed by atoms with Crippen molar-refractivity contribution in [1.29, 1.82) is 0 Å². The predicted molar refractivity (Wildman–Crippen MR) is 160 cm³/mol. The van der Waals surface area contributed by atoms with Gasteiger partial charge in [-0.15, -0.1) is 11.3 Å². The van der Waals surface area contributed by atoms with Crippen LogP contribution in [0.2, 0.25) is 0 Å². The molecule has 2 heterocycles. The van der Waals surface area contributed by atoms with Crippen LogP contribution in [0.5, 0.6) is 0 Å². The van der Waals surface area contributed by atoms with Gasteiger partial charge in [0, 0.05) is 37.0 Å². The molecule has 1 N–H and O–H groups in total. The van der Waals surface area contributed by atoms with E-state index in [1.165, 1.54) is 28.4 Å². The van der Waals surface area contributed by atoms with Gasteiger partial charge in [0.1, 0.15) is 5.69 Å². The first-order valence-corrected chi connectivity index (χ1v) is 14.9. The monoisotopic (exact) mass is 607 g/mol. The Morgan fingerprint density at radius 3 is 2.26 bits per heavy atom. The molecule has 43 heavy (non-hydrogen) atoms. The number of aliphatic hydroxyl groups is 1. The smallest absolute Gasteiger partial charge is 0.386 e. The van der Waals surface area contributed by atoms with Crippen molar-refractivity contribution in [3.63, 3.8) is 0 Å². The van der Waals surface area contributed by atoms with Crippen molar-refractivity contribution in [3.05, 3.63) is 112 Å². The normalized spacial score (nSPS) is 15.6. The summed E-state index contributed by atoms with van der Waals surface area (Å²) in [6.45, 7) is 2.78. The molecule has 0 bridgehead atoms. The van der Waals surface area contributed by atoms with Crippen LogP contribution in [0.1, 0.15) is 68.8 Å². The molecule has 1 aliphatic rings. The lowest BCUT2D eigenvalue weighted by Gasteiger charge is -2.31. The van der Waals surface area contributed by atoms with E-state index in [1.807, 2.05) is 30.3 Å². The van der Waals surface area contributed by atoms with Gasteiger partial charge in [0.05, 0.1) is 22.7 Å². The van der Waals surface area contributed by atoms with Crippen LogP contribution >= 0.6 is 11.3 Å². The summed E-state index contributed by atoms with van der Waals surface area (Å²) < 4.78 is 39.1. The molecule has 6 nitrogen and oxygen atoms in total. The summed E-state index contributed by atoms with van der Waals surface area (Å²) >= 11 is 1.42. The second-order valence-electron chi connectivity index (χ2n) is 10.8. The molecule has 4 aromatic rings. The molecule has 224 valence electrons. The SMILES string of the molecule is CC(C(O)c1ccccc1)N(C)C(=O)c1csc(C2CCN(C(=O)c3ccccc3-c3ccc(C(F)(F)F)cc3)CC2)n1. The maximum absolute atomic E-state index is 13.5. The largest absolute Gasteiger partial charge is 0.416 e. The number of amides is 2. The van der Waals surface area contributed by atoms with Gasteiger partial charge in [-0.3, -0.25) is 9.59 Å². The molecule has 1 fully saturated rings. The summed E-state index contributed by atoms with van der Waals surface area (Å²) in [4.78, 5) is 34.6. The topological polar surface area (TPSA) is 73.7 Å². The highest BCUT2D eigenvalue weighted by Crippen LogP contribution is 2.34. The van der Waals surface area contributed by atoms with E-state index in [4.69, 9.17) is 0 Å². The average Bonchev–Trinajstić information content (AvgIpc) is 3.53. The lowest BCUT2D eigenvalue weighted by atomic mass is 9.94. The Morgan fingerprint density at radius 1 is 0.977 bits per heavy atom. The highest BCUT2D eigenvalue weighted by atomic mass is 32.1. The van der Waals surface area contributed by atoms with Gasteiger partial charge < -0.3 is 14.9 Å². The average molecular weight is 608 g/mol. The summed E-state index contributed by atoms with van der Waals surface area (Å²) in [5, 5.41) is 13.3. The fourth-order valence-corrected chi connectivity index (χ4v) is 6.30. The number of aromatic nitrogens is 1. The Bertz CT molecular complexity index is 1570. The van der Waals surface area contributed by atoms with Crippen LogP contribution < -0.4 is 0 Å². The number of benzene rings is 3. The maximum Gasteiger partial charge on any atom is 0.416 e. The fraction of sp³-hybridized carbons (Fsp3) is 0.303. The fourth-order valence-electron chi connectivity index (χ4n) is 5.34. The maximum atomic E-state index is 13.5. The molecule has 1 aromatic heterocycles. The van der Waals surface area contributed by atoms with E-state index in [0.29, 0.717) is 48.3 Å². The first kappa shape index (κ1) is 30.4. The van der Waals surface area contributed by atoms with Gasteiger partial charge in [-0.25, -0.2) is 4.98 Å². The van der Waals surface area contributed by atoms with Crippen LogP contribution in [-0.4, -0.2) is 57.9 Å². The van der Waals surface area contributed by atoms with Gasteiger partial charge in [0.25, 0.3) is 11.8 Å². The zero-order chi connectivity index (χ0) is 30.7. The van der Waals surface area contributed by atoms with Crippen LogP contribution in [0.3, 0.4) is 0 Å². The number of likely N-dealkylation sites (tertiary alicyclic amines) is 1. The van der Waals surface area contributed by atoms with Crippen molar-refractivity contribution in [1.82, 2.24) is 14.8 Å². The molecular weight excluding hydrogens is 575 g/mol. The van der Waals surface area contributed by atoms with E-state index in [2.05, 4.69) is 4.98 Å². The number of piperidine rings is 1. The lowest BCUT2D eigenvalue weighted by molar-refractivity contribution is -0.137. The number of halogens is 3. The molecule has 2 unspecified atom stereocenters. The summed E-state index contributed by atoms with van der Waals surface area (Å²) in [5.74, 6) is -0.340. The number of nitrogens with zero attached hydrogens (tertiary/aromatic N) is 3. The van der Waals surface area contributed by atoms with E-state index in [0.717, 1.165) is 22.7 Å². The number of carbonyl (C=O) groups is 2. The number of alkyl halides is 3. The number of hydrogen-bond donors (Lipinski definition) is 1. The number of aliphatic hydroxyl groups excluding tert-OH is 1. The number of rotatable bonds is 7. The van der Waals surface area contributed by atoms with Crippen molar-refractivity contribution < 1.29 is 27.9 Å². The first-order chi connectivity index (χ1) is 20.5. The van der Waals surface area contributed by atoms with Gasteiger partial charge in [-0.1, -0.05) is 60.7 Å². The van der Waals surface area contributed by atoms with Crippen molar-refractivity contribution in [2.24, 2.45) is 0 Å². The van der Waals surface area contributed by atoms with Crippen LogP contribution in [-0.2, 0) is 6.18 Å². The lowest BCUT2D eigenvalue weighted by Crippen LogP contribution is -2.39. The molecular formula is C33H32F3N3O3S. The summed E-state index contributed by atoms with van der Waals surface area (Å²) in [6, 6.07) is 20.5. The standard InChI is InChI=1S/C33H32F3N3O3S/c1-21(29(40)23-8-4-3-5-9-23)38(2)32(42)28-20-43-30(37-28)24-16-18-39(19-17-24)31(41)27-11-7-6-10-26(27)22-12-14-25(15-13-22)33(34,35)36/h3-15,20-21,24,29,40H,16-19H2,1-2H3. The Hall–Kier alpha value is -4.02. The predicted octanol–water partition coefficient (Wildman–Crippen LogP) is 7.04. The molecule has 3 aromatic carbocycles. The van der Waals surface area contributed by atoms with E-state index >= 15 is 0 Å². The molecule has 2 atom stereocenters. The number of carbonyl (C=O) groups excluding carboxylic acids is 2. The quantitative estimate of drug-likeness (QED) is 0.245. The van der Waals surface area contributed by atoms with E-state index in [-0.39, 0.29) is 17.7 Å². The van der Waals surface area contributed by atoms with Gasteiger partial charge >= 0.3 is 6.18 Å². The molecule has 0 radical (unpaired) electrons. The summed E-state index contributed by atoms with van der Waals surface area (Å²) in [7, 11) is 1.66. The van der Waals surface area contributed by atoms with Crippen LogP contribution in [0.25, 0.3) is 11.1 Å². The summed E-state index contributed by atoms with van der Waals surface area (Å²) in [5.41, 5.74) is 1.90. The van der Waals surface area contributed by atoms with E-state index in [9.17, 15) is 27.9 Å². The second kappa shape index (κ2) is 12.7. The number of likely N-dealkylation sites (N-methyl/N-ethyl adjacent to an activating group) is 1. The molecule has 10 heteroatoms. The third kappa shape index (κ3) is 6.65. The highest BCUT2D eigenvalue weighted by Gasteiger charge is 2.32. The van der Waals surface area contributed by atoms with E-state index < -0.39 is 23.9 Å². The van der Waals surface area contributed by atoms with Crippen molar-refractivity contribution >= 4 is 23.2 Å². The number of thiazole rings is 1. The van der Waals surface area contributed by atoms with Gasteiger partial charge in [-0.05, 0) is 54.7 Å². The summed E-state index contributed by atoms with van der Waals surface area (Å²) in [6.07, 6.45) is -3.91. The van der Waals surface area contributed by atoms with Crippen LogP contribution in [0.15, 0.2) is 84.2 Å². The van der Waals surface area contributed by atoms with Gasteiger partial charge in [0.15, 0.2) is 0 Å². The molecule has 1 aliphatic heterocycles. The molecule has 5 rings (SSSR count). The Labute approximate surface area is 252 Å². The first-order valence-electron chi connectivity index (χ1n) is 14.1. The molecule has 0 spiro atoms. The van der Waals surface area contributed by atoms with Crippen molar-refractivity contribution in [3.8, 4) is 11.1 Å². The molecule has 0 saturated carbocycles. The van der Waals surface area contributed by atoms with Gasteiger partial charge in [-0.2, -0.15) is 13.2 Å².